The fraction of sp³-hybridized carbons (Fsp3) is 0.783. The monoisotopic (exact) mass is 342 g/mol. The van der Waals surface area contributed by atoms with Crippen LogP contribution in [0.25, 0.3) is 0 Å². The molecule has 138 valence electrons. The van der Waals surface area contributed by atoms with Crippen molar-refractivity contribution < 1.29 is 9.90 Å². The van der Waals surface area contributed by atoms with Crippen LogP contribution < -0.4 is 0 Å². The third-order valence-electron chi connectivity index (χ3n) is 8.89. The molecule has 4 rings (SSSR count). The van der Waals surface area contributed by atoms with Crippen molar-refractivity contribution in [1.29, 1.82) is 0 Å². The Balaban J connectivity index is 1.68. The normalized spacial score (nSPS) is 50.3. The number of hydrogen-bond donors (Lipinski definition) is 1. The van der Waals surface area contributed by atoms with Gasteiger partial charge in [0.15, 0.2) is 0 Å². The number of allylic oxidation sites excluding steroid dienone is 2. The maximum Gasteiger partial charge on any atom is 0.137 e. The maximum atomic E-state index is 12.9. The van der Waals surface area contributed by atoms with Crippen LogP contribution in [0.2, 0.25) is 0 Å². The second-order valence-corrected chi connectivity index (χ2v) is 9.94. The Bertz CT molecular complexity index is 620. The lowest BCUT2D eigenvalue weighted by atomic mass is 9.47. The highest BCUT2D eigenvalue weighted by Gasteiger charge is 2.61. The van der Waals surface area contributed by atoms with Gasteiger partial charge >= 0.3 is 0 Å². The Morgan fingerprint density at radius 3 is 2.72 bits per heavy atom. The summed E-state index contributed by atoms with van der Waals surface area (Å²) >= 11 is 0. The van der Waals surface area contributed by atoms with Gasteiger partial charge in [-0.05, 0) is 73.0 Å². The third-order valence-corrected chi connectivity index (χ3v) is 8.89. The quantitative estimate of drug-likeness (QED) is 0.723. The van der Waals surface area contributed by atoms with Crippen molar-refractivity contribution in [3.8, 4) is 0 Å². The summed E-state index contributed by atoms with van der Waals surface area (Å²) in [5, 5.41) is 10.1. The molecule has 3 fully saturated rings. The van der Waals surface area contributed by atoms with Crippen molar-refractivity contribution in [3.63, 3.8) is 0 Å². The van der Waals surface area contributed by atoms with E-state index in [-0.39, 0.29) is 28.8 Å². The van der Waals surface area contributed by atoms with Gasteiger partial charge < -0.3 is 5.11 Å². The number of ketones is 1. The summed E-state index contributed by atoms with van der Waals surface area (Å²) in [7, 11) is 0. The van der Waals surface area contributed by atoms with E-state index in [1.165, 1.54) is 18.4 Å². The molecule has 0 aromatic rings. The number of fused-ring (bicyclic) bond motifs is 5. The summed E-state index contributed by atoms with van der Waals surface area (Å²) in [6.07, 6.45) is 11.5. The van der Waals surface area contributed by atoms with E-state index in [9.17, 15) is 9.90 Å². The Kier molecular flexibility index (Phi) is 4.07. The number of aliphatic hydroxyl groups is 1. The molecule has 0 bridgehead atoms. The van der Waals surface area contributed by atoms with Crippen LogP contribution in [0.4, 0.5) is 0 Å². The molecule has 2 heteroatoms. The molecule has 0 radical (unpaired) electrons. The first-order valence-electron chi connectivity index (χ1n) is 10.3. The molecule has 2 nitrogen and oxygen atoms in total. The zero-order valence-electron chi connectivity index (χ0n) is 16.1. The van der Waals surface area contributed by atoms with E-state index in [4.69, 9.17) is 0 Å². The first-order chi connectivity index (χ1) is 11.8. The number of aliphatic hydroxyl groups excluding tert-OH is 1. The molecule has 1 N–H and O–H groups in total. The Hall–Kier alpha value is -0.890. The molecule has 3 unspecified atom stereocenters. The second-order valence-electron chi connectivity index (χ2n) is 9.94. The average Bonchev–Trinajstić information content (AvgIpc) is 2.85. The van der Waals surface area contributed by atoms with Crippen molar-refractivity contribution in [2.24, 2.45) is 40.4 Å². The molecule has 4 aliphatic rings. The van der Waals surface area contributed by atoms with Crippen LogP contribution in [0, 0.1) is 40.4 Å². The number of carbonyl (C=O) groups is 1. The fourth-order valence-corrected chi connectivity index (χ4v) is 7.50. The molecule has 0 aromatic heterocycles. The molecule has 4 aliphatic carbocycles. The van der Waals surface area contributed by atoms with Crippen molar-refractivity contribution in [2.75, 3.05) is 0 Å². The summed E-state index contributed by atoms with van der Waals surface area (Å²) in [5.74, 6) is 2.82. The van der Waals surface area contributed by atoms with Crippen LogP contribution in [0.5, 0.6) is 0 Å². The first kappa shape index (κ1) is 17.5. The van der Waals surface area contributed by atoms with Gasteiger partial charge in [-0.1, -0.05) is 38.5 Å². The first-order valence-corrected chi connectivity index (χ1v) is 10.3. The third kappa shape index (κ3) is 2.36. The van der Waals surface area contributed by atoms with Gasteiger partial charge in [0.25, 0.3) is 0 Å². The standard InChI is InChI=1S/C23H34O2/c1-5-14(2)21-20(25)13-19-17-7-6-15-12-16(24)8-10-22(15,3)18(17)9-11-23(19,21)4/h5-6,14,16-19,21,24H,1,7-13H2,2-4H3/t14-,16+,17?,18?,19?,21+,22+,23+/m1/s1. The van der Waals surface area contributed by atoms with E-state index in [1.54, 1.807) is 0 Å². The van der Waals surface area contributed by atoms with Gasteiger partial charge in [0.05, 0.1) is 6.10 Å². The lowest BCUT2D eigenvalue weighted by molar-refractivity contribution is -0.123. The van der Waals surface area contributed by atoms with E-state index >= 15 is 0 Å². The lowest BCUT2D eigenvalue weighted by Crippen LogP contribution is -2.50. The number of rotatable bonds is 2. The molecule has 0 spiro atoms. The summed E-state index contributed by atoms with van der Waals surface area (Å²) in [6.45, 7) is 11.0. The highest BCUT2D eigenvalue weighted by molar-refractivity contribution is 5.85. The minimum Gasteiger partial charge on any atom is -0.393 e. The fourth-order valence-electron chi connectivity index (χ4n) is 7.50. The summed E-state index contributed by atoms with van der Waals surface area (Å²) < 4.78 is 0. The molecule has 0 heterocycles. The molecule has 3 saturated carbocycles. The highest BCUT2D eigenvalue weighted by atomic mass is 16.3. The van der Waals surface area contributed by atoms with Gasteiger partial charge in [0, 0.05) is 12.3 Å². The van der Waals surface area contributed by atoms with Crippen molar-refractivity contribution >= 4 is 5.78 Å². The molecule has 25 heavy (non-hydrogen) atoms. The molecular weight excluding hydrogens is 308 g/mol. The van der Waals surface area contributed by atoms with E-state index in [0.29, 0.717) is 23.5 Å². The minimum atomic E-state index is -0.143. The smallest absolute Gasteiger partial charge is 0.137 e. The average molecular weight is 343 g/mol. The van der Waals surface area contributed by atoms with E-state index in [2.05, 4.69) is 33.4 Å². The largest absolute Gasteiger partial charge is 0.393 e. The number of Topliss-reactive ketones (excluding diaryl/α,β-unsaturated/α-hetero) is 1. The van der Waals surface area contributed by atoms with Gasteiger partial charge in [-0.3, -0.25) is 4.79 Å². The van der Waals surface area contributed by atoms with Crippen LogP contribution >= 0.6 is 0 Å². The topological polar surface area (TPSA) is 37.3 Å². The SMILES string of the molecule is C=C[C@@H](C)[C@H]1C(=O)CC2C3CC=C4C[C@@H](O)CC[C@]4(C)C3CC[C@@]21C. The Morgan fingerprint density at radius 2 is 2.00 bits per heavy atom. The molecule has 0 saturated heterocycles. The van der Waals surface area contributed by atoms with Gasteiger partial charge in [0.2, 0.25) is 0 Å². The van der Waals surface area contributed by atoms with Crippen LogP contribution in [0.1, 0.15) is 65.7 Å². The summed E-state index contributed by atoms with van der Waals surface area (Å²) in [6, 6.07) is 0. The predicted octanol–water partition coefficient (Wildman–Crippen LogP) is 4.93. The van der Waals surface area contributed by atoms with Crippen LogP contribution in [0.3, 0.4) is 0 Å². The van der Waals surface area contributed by atoms with Gasteiger partial charge in [-0.25, -0.2) is 0 Å². The zero-order valence-corrected chi connectivity index (χ0v) is 16.1. The predicted molar refractivity (Wildman–Crippen MR) is 101 cm³/mol. The van der Waals surface area contributed by atoms with Crippen LogP contribution in [-0.2, 0) is 4.79 Å². The van der Waals surface area contributed by atoms with Gasteiger partial charge in [0.1, 0.15) is 5.78 Å². The van der Waals surface area contributed by atoms with Gasteiger partial charge in [-0.2, -0.15) is 0 Å². The number of hydrogen-bond acceptors (Lipinski definition) is 2. The molecule has 0 amide bonds. The Morgan fingerprint density at radius 1 is 1.24 bits per heavy atom. The molecule has 0 aromatic carbocycles. The van der Waals surface area contributed by atoms with Crippen molar-refractivity contribution in [2.45, 2.75) is 71.8 Å². The zero-order chi connectivity index (χ0) is 18.0. The van der Waals surface area contributed by atoms with Crippen LogP contribution in [-0.4, -0.2) is 17.0 Å². The number of carbonyl (C=O) groups excluding carboxylic acids is 1. The van der Waals surface area contributed by atoms with Crippen molar-refractivity contribution in [3.05, 3.63) is 24.3 Å². The van der Waals surface area contributed by atoms with E-state index in [0.717, 1.165) is 32.1 Å². The Labute approximate surface area is 152 Å². The molecule has 0 aliphatic heterocycles. The second kappa shape index (κ2) is 5.81. The van der Waals surface area contributed by atoms with Crippen molar-refractivity contribution in [1.82, 2.24) is 0 Å². The highest BCUT2D eigenvalue weighted by Crippen LogP contribution is 2.66. The summed E-state index contributed by atoms with van der Waals surface area (Å²) in [4.78, 5) is 12.9. The van der Waals surface area contributed by atoms with E-state index in [1.807, 2.05) is 6.08 Å². The molecular formula is C23H34O2. The maximum absolute atomic E-state index is 12.9. The van der Waals surface area contributed by atoms with Crippen LogP contribution in [0.15, 0.2) is 24.3 Å². The minimum absolute atomic E-state index is 0.143. The molecule has 8 atom stereocenters. The van der Waals surface area contributed by atoms with Gasteiger partial charge in [-0.15, -0.1) is 6.58 Å². The summed E-state index contributed by atoms with van der Waals surface area (Å²) in [5.41, 5.74) is 1.92. The lowest BCUT2D eigenvalue weighted by Gasteiger charge is -2.58. The van der Waals surface area contributed by atoms with E-state index < -0.39 is 0 Å².